The Kier molecular flexibility index (Phi) is 4.72. The number of hydrogen-bond acceptors (Lipinski definition) is 6. The van der Waals surface area contributed by atoms with E-state index < -0.39 is 9.84 Å². The fourth-order valence-corrected chi connectivity index (χ4v) is 4.85. The smallest absolute Gasteiger partial charge is 0.223 e. The van der Waals surface area contributed by atoms with E-state index in [1.165, 1.54) is 0 Å². The van der Waals surface area contributed by atoms with Crippen molar-refractivity contribution < 1.29 is 13.2 Å². The van der Waals surface area contributed by atoms with Gasteiger partial charge in [0.25, 0.3) is 0 Å². The van der Waals surface area contributed by atoms with Gasteiger partial charge in [0, 0.05) is 25.0 Å². The Hall–Kier alpha value is -1.41. The third-order valence-corrected chi connectivity index (χ3v) is 6.36. The molecule has 1 aromatic heterocycles. The molecule has 1 aromatic rings. The van der Waals surface area contributed by atoms with Gasteiger partial charge in [-0.15, -0.1) is 10.2 Å². The molecule has 3 rings (SSSR count). The molecule has 9 heteroatoms. The summed E-state index contributed by atoms with van der Waals surface area (Å²) in [5.41, 5.74) is 0. The maximum Gasteiger partial charge on any atom is 0.223 e. The van der Waals surface area contributed by atoms with Crippen molar-refractivity contribution in [1.29, 1.82) is 0 Å². The van der Waals surface area contributed by atoms with Gasteiger partial charge in [0.05, 0.1) is 11.5 Å². The molecule has 0 bridgehead atoms. The number of carbonyl (C=O) groups excluding carboxylic acids is 1. The van der Waals surface area contributed by atoms with Gasteiger partial charge in [-0.05, 0) is 31.4 Å². The molecule has 2 aliphatic heterocycles. The number of hydrogen-bond donors (Lipinski definition) is 1. The molecule has 7 nitrogen and oxygen atoms in total. The van der Waals surface area contributed by atoms with E-state index in [9.17, 15) is 13.2 Å². The lowest BCUT2D eigenvalue weighted by Crippen LogP contribution is -2.44. The second kappa shape index (κ2) is 6.60. The maximum atomic E-state index is 12.3. The zero-order chi connectivity index (χ0) is 16.4. The minimum Gasteiger partial charge on any atom is -0.355 e. The Labute approximate surface area is 140 Å². The predicted molar refractivity (Wildman–Crippen MR) is 87.2 cm³/mol. The van der Waals surface area contributed by atoms with Gasteiger partial charge in [0.2, 0.25) is 5.91 Å². The summed E-state index contributed by atoms with van der Waals surface area (Å²) in [5.74, 6) is 0.891. The first-order valence-corrected chi connectivity index (χ1v) is 9.88. The summed E-state index contributed by atoms with van der Waals surface area (Å²) in [7, 11) is -2.97. The highest BCUT2D eigenvalue weighted by atomic mass is 35.5. The zero-order valence-corrected chi connectivity index (χ0v) is 14.2. The van der Waals surface area contributed by atoms with Crippen molar-refractivity contribution in [3.8, 4) is 0 Å². The van der Waals surface area contributed by atoms with E-state index in [0.717, 1.165) is 31.7 Å². The van der Waals surface area contributed by atoms with Crippen LogP contribution in [0, 0.1) is 5.92 Å². The molecule has 0 aromatic carbocycles. The van der Waals surface area contributed by atoms with Gasteiger partial charge in [-0.1, -0.05) is 11.6 Å². The summed E-state index contributed by atoms with van der Waals surface area (Å²) in [5, 5.41) is 11.1. The average molecular weight is 359 g/mol. The number of aromatic nitrogens is 2. The van der Waals surface area contributed by atoms with Gasteiger partial charge in [-0.3, -0.25) is 4.79 Å². The molecule has 3 heterocycles. The van der Waals surface area contributed by atoms with Crippen LogP contribution in [0.25, 0.3) is 0 Å². The monoisotopic (exact) mass is 358 g/mol. The van der Waals surface area contributed by atoms with E-state index in [1.54, 1.807) is 6.07 Å². The summed E-state index contributed by atoms with van der Waals surface area (Å²) in [6.45, 7) is 1.44. The standard InChI is InChI=1S/C14H19ClN4O3S/c15-12-1-2-13(18-17-12)19-6-3-10(4-7-19)14(20)16-11-5-8-23(21,22)9-11/h1-2,10-11H,3-9H2,(H,16,20)/t11-/m1/s1. The number of carbonyl (C=O) groups is 1. The van der Waals surface area contributed by atoms with Crippen molar-refractivity contribution in [3.63, 3.8) is 0 Å². The van der Waals surface area contributed by atoms with Crippen LogP contribution in [0.4, 0.5) is 5.82 Å². The highest BCUT2D eigenvalue weighted by Crippen LogP contribution is 2.23. The van der Waals surface area contributed by atoms with Gasteiger partial charge in [0.15, 0.2) is 20.8 Å². The molecule has 0 spiro atoms. The van der Waals surface area contributed by atoms with Gasteiger partial charge in [-0.25, -0.2) is 8.42 Å². The lowest BCUT2D eigenvalue weighted by atomic mass is 9.95. The van der Waals surface area contributed by atoms with E-state index >= 15 is 0 Å². The summed E-state index contributed by atoms with van der Waals surface area (Å²) < 4.78 is 22.9. The Morgan fingerprint density at radius 2 is 1.96 bits per heavy atom. The Morgan fingerprint density at radius 1 is 1.22 bits per heavy atom. The number of sulfone groups is 1. The summed E-state index contributed by atoms with van der Waals surface area (Å²) in [6, 6.07) is 3.29. The third-order valence-electron chi connectivity index (χ3n) is 4.39. The molecule has 23 heavy (non-hydrogen) atoms. The number of rotatable bonds is 3. The highest BCUT2D eigenvalue weighted by molar-refractivity contribution is 7.91. The molecule has 0 radical (unpaired) electrons. The zero-order valence-electron chi connectivity index (χ0n) is 12.6. The fourth-order valence-electron chi connectivity index (χ4n) is 3.08. The lowest BCUT2D eigenvalue weighted by molar-refractivity contribution is -0.126. The Balaban J connectivity index is 1.50. The average Bonchev–Trinajstić information content (AvgIpc) is 2.87. The Morgan fingerprint density at radius 3 is 2.52 bits per heavy atom. The van der Waals surface area contributed by atoms with Crippen LogP contribution in [0.5, 0.6) is 0 Å². The SMILES string of the molecule is O=C(N[C@@H]1CCS(=O)(=O)C1)C1CCN(c2ccc(Cl)nn2)CC1. The topological polar surface area (TPSA) is 92.3 Å². The molecule has 2 aliphatic rings. The van der Waals surface area contributed by atoms with E-state index in [0.29, 0.717) is 11.6 Å². The second-order valence-electron chi connectivity index (χ2n) is 6.08. The van der Waals surface area contributed by atoms with Crippen LogP contribution in [0.2, 0.25) is 5.15 Å². The first kappa shape index (κ1) is 16.4. The number of nitrogens with zero attached hydrogens (tertiary/aromatic N) is 3. The van der Waals surface area contributed by atoms with Crippen molar-refractivity contribution in [2.45, 2.75) is 25.3 Å². The van der Waals surface area contributed by atoms with Crippen LogP contribution >= 0.6 is 11.6 Å². The molecule has 0 aliphatic carbocycles. The first-order valence-electron chi connectivity index (χ1n) is 7.68. The van der Waals surface area contributed by atoms with E-state index in [4.69, 9.17) is 11.6 Å². The minimum atomic E-state index is -2.97. The quantitative estimate of drug-likeness (QED) is 0.852. The number of piperidine rings is 1. The predicted octanol–water partition coefficient (Wildman–Crippen LogP) is 0.650. The van der Waals surface area contributed by atoms with Gasteiger partial charge in [0.1, 0.15) is 0 Å². The first-order chi connectivity index (χ1) is 10.9. The molecular formula is C14H19ClN4O3S. The number of nitrogens with one attached hydrogen (secondary N) is 1. The normalized spacial score (nSPS) is 24.6. The van der Waals surface area contributed by atoms with Crippen molar-refractivity contribution in [2.24, 2.45) is 5.92 Å². The largest absolute Gasteiger partial charge is 0.355 e. The fraction of sp³-hybridized carbons (Fsp3) is 0.643. The minimum absolute atomic E-state index is 0.0334. The van der Waals surface area contributed by atoms with Gasteiger partial charge >= 0.3 is 0 Å². The summed E-state index contributed by atoms with van der Waals surface area (Å²) in [4.78, 5) is 14.4. The highest BCUT2D eigenvalue weighted by Gasteiger charge is 2.32. The second-order valence-corrected chi connectivity index (χ2v) is 8.70. The lowest BCUT2D eigenvalue weighted by Gasteiger charge is -2.32. The number of anilines is 1. The molecule has 126 valence electrons. The van der Waals surface area contributed by atoms with Crippen molar-refractivity contribution in [1.82, 2.24) is 15.5 Å². The van der Waals surface area contributed by atoms with Crippen LogP contribution < -0.4 is 10.2 Å². The van der Waals surface area contributed by atoms with Gasteiger partial charge in [-0.2, -0.15) is 0 Å². The van der Waals surface area contributed by atoms with E-state index in [1.807, 2.05) is 6.07 Å². The third kappa shape index (κ3) is 4.11. The van der Waals surface area contributed by atoms with E-state index in [2.05, 4.69) is 20.4 Å². The van der Waals surface area contributed by atoms with Crippen molar-refractivity contribution in [2.75, 3.05) is 29.5 Å². The molecule has 2 saturated heterocycles. The molecular weight excluding hydrogens is 340 g/mol. The summed E-state index contributed by atoms with van der Waals surface area (Å²) >= 11 is 5.73. The van der Waals surface area contributed by atoms with Crippen LogP contribution in [0.1, 0.15) is 19.3 Å². The number of halogens is 1. The maximum absolute atomic E-state index is 12.3. The van der Waals surface area contributed by atoms with Crippen LogP contribution in [-0.4, -0.2) is 55.2 Å². The van der Waals surface area contributed by atoms with E-state index in [-0.39, 0.29) is 29.4 Å². The van der Waals surface area contributed by atoms with Crippen LogP contribution in [-0.2, 0) is 14.6 Å². The van der Waals surface area contributed by atoms with Crippen LogP contribution in [0.15, 0.2) is 12.1 Å². The molecule has 2 fully saturated rings. The Bertz CT molecular complexity index is 672. The molecule has 0 unspecified atom stereocenters. The number of amides is 1. The van der Waals surface area contributed by atoms with Crippen LogP contribution in [0.3, 0.4) is 0 Å². The van der Waals surface area contributed by atoms with Crippen molar-refractivity contribution in [3.05, 3.63) is 17.3 Å². The van der Waals surface area contributed by atoms with Crippen molar-refractivity contribution >= 4 is 33.2 Å². The van der Waals surface area contributed by atoms with Gasteiger partial charge < -0.3 is 10.2 Å². The summed E-state index contributed by atoms with van der Waals surface area (Å²) in [6.07, 6.45) is 1.96. The molecule has 1 N–H and O–H groups in total. The molecule has 1 atom stereocenters. The molecule has 1 amide bonds. The molecule has 0 saturated carbocycles.